The molecular formula is C11H11N3O2S. The Labute approximate surface area is 103 Å². The molecule has 2 rings (SSSR count). The summed E-state index contributed by atoms with van der Waals surface area (Å²) in [5.41, 5.74) is 0.269. The number of carboxylic acids is 1. The molecule has 2 aromatic heterocycles. The van der Waals surface area contributed by atoms with Crippen LogP contribution in [0.1, 0.15) is 10.4 Å². The van der Waals surface area contributed by atoms with Gasteiger partial charge in [0.25, 0.3) is 0 Å². The zero-order valence-electron chi connectivity index (χ0n) is 8.98. The summed E-state index contributed by atoms with van der Waals surface area (Å²) in [4.78, 5) is 18.8. The monoisotopic (exact) mass is 249 g/mol. The zero-order chi connectivity index (χ0) is 12.1. The second-order valence-electron chi connectivity index (χ2n) is 3.34. The maximum absolute atomic E-state index is 10.8. The first-order chi connectivity index (χ1) is 8.25. The van der Waals surface area contributed by atoms with Gasteiger partial charge in [0.15, 0.2) is 0 Å². The minimum atomic E-state index is -0.927. The van der Waals surface area contributed by atoms with Crippen molar-refractivity contribution in [3.8, 4) is 0 Å². The molecule has 0 saturated heterocycles. The van der Waals surface area contributed by atoms with Gasteiger partial charge in [0.2, 0.25) is 0 Å². The molecule has 0 unspecified atom stereocenters. The minimum Gasteiger partial charge on any atom is -0.478 e. The van der Waals surface area contributed by atoms with Crippen molar-refractivity contribution in [2.75, 3.05) is 5.75 Å². The number of carboxylic acid groups (broad SMARTS) is 1. The van der Waals surface area contributed by atoms with Crippen molar-refractivity contribution in [2.24, 2.45) is 0 Å². The fourth-order valence-corrected chi connectivity index (χ4v) is 2.15. The number of carbonyl (C=O) groups is 1. The average molecular weight is 249 g/mol. The summed E-state index contributed by atoms with van der Waals surface area (Å²) in [6.45, 7) is 0.823. The van der Waals surface area contributed by atoms with Crippen LogP contribution in [0.3, 0.4) is 0 Å². The molecule has 1 N–H and O–H groups in total. The number of aromatic nitrogens is 3. The molecule has 2 aromatic rings. The summed E-state index contributed by atoms with van der Waals surface area (Å²) in [6, 6.07) is 3.07. The van der Waals surface area contributed by atoms with E-state index in [-0.39, 0.29) is 5.56 Å². The average Bonchev–Trinajstić information content (AvgIpc) is 2.82. The molecule has 0 aromatic carbocycles. The van der Waals surface area contributed by atoms with Gasteiger partial charge in [-0.3, -0.25) is 0 Å². The Morgan fingerprint density at radius 3 is 3.06 bits per heavy atom. The second-order valence-corrected chi connectivity index (χ2v) is 4.45. The molecule has 0 spiro atoms. The molecule has 6 heteroatoms. The quantitative estimate of drug-likeness (QED) is 0.818. The van der Waals surface area contributed by atoms with Crippen LogP contribution in [0.25, 0.3) is 0 Å². The van der Waals surface area contributed by atoms with Crippen molar-refractivity contribution in [2.45, 2.75) is 11.6 Å². The van der Waals surface area contributed by atoms with Gasteiger partial charge in [-0.1, -0.05) is 0 Å². The molecular weight excluding hydrogens is 238 g/mol. The number of thioether (sulfide) groups is 1. The van der Waals surface area contributed by atoms with E-state index in [4.69, 9.17) is 5.11 Å². The number of hydrogen-bond donors (Lipinski definition) is 1. The largest absolute Gasteiger partial charge is 0.478 e. The Morgan fingerprint density at radius 2 is 2.35 bits per heavy atom. The first kappa shape index (κ1) is 11.7. The first-order valence-corrected chi connectivity index (χ1v) is 6.02. The molecule has 0 fully saturated rings. The van der Waals surface area contributed by atoms with Crippen LogP contribution in [-0.2, 0) is 6.54 Å². The fraction of sp³-hybridized carbons (Fsp3) is 0.182. The second kappa shape index (κ2) is 5.49. The van der Waals surface area contributed by atoms with E-state index in [9.17, 15) is 4.79 Å². The molecule has 0 radical (unpaired) electrons. The predicted octanol–water partition coefficient (Wildman–Crippen LogP) is 1.77. The lowest BCUT2D eigenvalue weighted by Gasteiger charge is -2.02. The van der Waals surface area contributed by atoms with Gasteiger partial charge in [-0.05, 0) is 12.1 Å². The third-order valence-electron chi connectivity index (χ3n) is 2.14. The molecule has 0 atom stereocenters. The van der Waals surface area contributed by atoms with Crippen molar-refractivity contribution in [1.82, 2.24) is 14.5 Å². The van der Waals surface area contributed by atoms with Crippen LogP contribution >= 0.6 is 11.8 Å². The van der Waals surface area contributed by atoms with Gasteiger partial charge in [0, 0.05) is 30.9 Å². The van der Waals surface area contributed by atoms with Crippen molar-refractivity contribution < 1.29 is 9.90 Å². The van der Waals surface area contributed by atoms with Crippen LogP contribution in [0.4, 0.5) is 0 Å². The number of nitrogens with zero attached hydrogens (tertiary/aromatic N) is 3. The number of rotatable bonds is 5. The van der Waals surface area contributed by atoms with E-state index >= 15 is 0 Å². The normalized spacial score (nSPS) is 10.4. The standard InChI is InChI=1S/C11H11N3O2S/c15-11(16)9-1-2-13-10(7-9)17-6-5-14-4-3-12-8-14/h1-4,7-8H,5-6H2,(H,15,16). The number of aryl methyl sites for hydroxylation is 1. The van der Waals surface area contributed by atoms with Gasteiger partial charge in [-0.15, -0.1) is 11.8 Å². The summed E-state index contributed by atoms with van der Waals surface area (Å²) in [7, 11) is 0. The highest BCUT2D eigenvalue weighted by Crippen LogP contribution is 2.16. The number of hydrogen-bond acceptors (Lipinski definition) is 4. The summed E-state index contributed by atoms with van der Waals surface area (Å²) in [5, 5.41) is 9.56. The summed E-state index contributed by atoms with van der Waals surface area (Å²) in [6.07, 6.45) is 6.89. The van der Waals surface area contributed by atoms with E-state index in [1.807, 2.05) is 10.8 Å². The highest BCUT2D eigenvalue weighted by molar-refractivity contribution is 7.99. The summed E-state index contributed by atoms with van der Waals surface area (Å²) < 4.78 is 1.97. The fourth-order valence-electron chi connectivity index (χ4n) is 1.30. The van der Waals surface area contributed by atoms with Crippen LogP contribution < -0.4 is 0 Å². The molecule has 5 nitrogen and oxygen atoms in total. The van der Waals surface area contributed by atoms with Crippen molar-refractivity contribution in [3.05, 3.63) is 42.6 Å². The van der Waals surface area contributed by atoms with E-state index in [0.717, 1.165) is 17.3 Å². The highest BCUT2D eigenvalue weighted by atomic mass is 32.2. The number of pyridine rings is 1. The van der Waals surface area contributed by atoms with E-state index in [2.05, 4.69) is 9.97 Å². The van der Waals surface area contributed by atoms with Gasteiger partial charge in [-0.25, -0.2) is 14.8 Å². The van der Waals surface area contributed by atoms with E-state index in [1.165, 1.54) is 24.0 Å². The summed E-state index contributed by atoms with van der Waals surface area (Å²) >= 11 is 1.53. The Kier molecular flexibility index (Phi) is 3.77. The summed E-state index contributed by atoms with van der Waals surface area (Å²) in [5.74, 6) is -0.101. The smallest absolute Gasteiger partial charge is 0.335 e. The maximum Gasteiger partial charge on any atom is 0.335 e. The first-order valence-electron chi connectivity index (χ1n) is 5.03. The van der Waals surface area contributed by atoms with Gasteiger partial charge >= 0.3 is 5.97 Å². The minimum absolute atomic E-state index is 0.269. The lowest BCUT2D eigenvalue weighted by Crippen LogP contribution is -1.99. The Hall–Kier alpha value is -1.82. The lowest BCUT2D eigenvalue weighted by molar-refractivity contribution is 0.0696. The molecule has 0 saturated carbocycles. The molecule has 0 bridgehead atoms. The topological polar surface area (TPSA) is 68.0 Å². The molecule has 0 aliphatic rings. The Balaban J connectivity index is 1.90. The predicted molar refractivity (Wildman–Crippen MR) is 64.1 cm³/mol. The third-order valence-corrected chi connectivity index (χ3v) is 3.05. The van der Waals surface area contributed by atoms with Crippen LogP contribution in [0.15, 0.2) is 42.1 Å². The SMILES string of the molecule is O=C(O)c1ccnc(SCCn2ccnc2)c1. The van der Waals surface area contributed by atoms with Crippen molar-refractivity contribution in [1.29, 1.82) is 0 Å². The van der Waals surface area contributed by atoms with Crippen LogP contribution in [0.2, 0.25) is 0 Å². The molecule has 0 aliphatic carbocycles. The van der Waals surface area contributed by atoms with Gasteiger partial charge in [-0.2, -0.15) is 0 Å². The van der Waals surface area contributed by atoms with E-state index in [0.29, 0.717) is 0 Å². The van der Waals surface area contributed by atoms with Crippen molar-refractivity contribution in [3.63, 3.8) is 0 Å². The Morgan fingerprint density at radius 1 is 1.47 bits per heavy atom. The molecule has 0 aliphatic heterocycles. The van der Waals surface area contributed by atoms with Crippen LogP contribution in [-0.4, -0.2) is 31.4 Å². The zero-order valence-corrected chi connectivity index (χ0v) is 9.80. The van der Waals surface area contributed by atoms with Crippen LogP contribution in [0, 0.1) is 0 Å². The van der Waals surface area contributed by atoms with E-state index in [1.54, 1.807) is 18.6 Å². The van der Waals surface area contributed by atoms with E-state index < -0.39 is 5.97 Å². The maximum atomic E-state index is 10.8. The molecule has 88 valence electrons. The molecule has 2 heterocycles. The van der Waals surface area contributed by atoms with Gasteiger partial charge in [0.05, 0.1) is 16.9 Å². The van der Waals surface area contributed by atoms with Gasteiger partial charge in [0.1, 0.15) is 0 Å². The van der Waals surface area contributed by atoms with Crippen molar-refractivity contribution >= 4 is 17.7 Å². The van der Waals surface area contributed by atoms with Gasteiger partial charge < -0.3 is 9.67 Å². The van der Waals surface area contributed by atoms with Crippen LogP contribution in [0.5, 0.6) is 0 Å². The highest BCUT2D eigenvalue weighted by Gasteiger charge is 2.04. The number of imidazole rings is 1. The number of aromatic carboxylic acids is 1. The molecule has 17 heavy (non-hydrogen) atoms. The third kappa shape index (κ3) is 3.32. The lowest BCUT2D eigenvalue weighted by atomic mass is 10.3. The Bertz CT molecular complexity index is 499. The molecule has 0 amide bonds.